The fraction of sp³-hybridized carbons (Fsp3) is 0.667. The van der Waals surface area contributed by atoms with Gasteiger partial charge in [0.15, 0.2) is 0 Å². The molecule has 1 aromatic carbocycles. The number of unbranched alkanes of at least 4 members (excludes halogenated alkanes) is 3. The van der Waals surface area contributed by atoms with Gasteiger partial charge in [0.05, 0.1) is 6.16 Å². The van der Waals surface area contributed by atoms with E-state index >= 15 is 0 Å². The van der Waals surface area contributed by atoms with Gasteiger partial charge in [-0.15, -0.1) is 0 Å². The van der Waals surface area contributed by atoms with Crippen LogP contribution in [0.15, 0.2) is 18.2 Å². The molecule has 1 atom stereocenters. The van der Waals surface area contributed by atoms with Crippen LogP contribution in [0, 0.1) is 0 Å². The van der Waals surface area contributed by atoms with E-state index in [1.54, 1.807) is 0 Å². The average Bonchev–Trinajstić information content (AvgIpc) is 2.49. The van der Waals surface area contributed by atoms with E-state index in [1.165, 1.54) is 5.56 Å². The van der Waals surface area contributed by atoms with Crippen molar-refractivity contribution in [1.29, 1.82) is 0 Å². The predicted molar refractivity (Wildman–Crippen MR) is 93.9 cm³/mol. The van der Waals surface area contributed by atoms with Gasteiger partial charge >= 0.3 is 7.60 Å². The summed E-state index contributed by atoms with van der Waals surface area (Å²) in [6, 6.07) is 5.91. The molecule has 0 aliphatic heterocycles. The number of rotatable bonds is 11. The molecule has 0 radical (unpaired) electrons. The highest BCUT2D eigenvalue weighted by molar-refractivity contribution is 7.53. The summed E-state index contributed by atoms with van der Waals surface area (Å²) in [4.78, 5) is 10.0. The molecule has 0 aliphatic carbocycles. The van der Waals surface area contributed by atoms with Crippen molar-refractivity contribution in [3.8, 4) is 5.75 Å². The quantitative estimate of drug-likeness (QED) is 0.528. The van der Waals surface area contributed by atoms with E-state index in [9.17, 15) is 9.46 Å². The highest BCUT2D eigenvalue weighted by Crippen LogP contribution is 2.45. The second kappa shape index (κ2) is 10.1. The smallest absolute Gasteiger partial charge is 0.376 e. The van der Waals surface area contributed by atoms with Gasteiger partial charge in [-0.05, 0) is 49.3 Å². The lowest BCUT2D eigenvalue weighted by molar-refractivity contribution is 0.376. The fourth-order valence-electron chi connectivity index (χ4n) is 2.49. The number of hydrogen-bond donors (Lipinski definition) is 1. The molecule has 0 amide bonds. The van der Waals surface area contributed by atoms with Gasteiger partial charge in [0.1, 0.15) is 5.75 Å². The third kappa shape index (κ3) is 6.54. The van der Waals surface area contributed by atoms with E-state index in [4.69, 9.17) is 4.52 Å². The van der Waals surface area contributed by atoms with Crippen LogP contribution in [0.1, 0.15) is 70.4 Å². The lowest BCUT2D eigenvalue weighted by Crippen LogP contribution is -2.03. The second-order valence-electron chi connectivity index (χ2n) is 5.91. The third-order valence-corrected chi connectivity index (χ3v) is 5.21. The summed E-state index contributed by atoms with van der Waals surface area (Å²) in [6.45, 7) is 6.35. The van der Waals surface area contributed by atoms with Crippen molar-refractivity contribution >= 4 is 7.60 Å². The van der Waals surface area contributed by atoms with Crippen molar-refractivity contribution in [3.63, 3.8) is 0 Å². The molecule has 126 valence electrons. The van der Waals surface area contributed by atoms with Crippen LogP contribution in [0.3, 0.4) is 0 Å². The number of hydrogen-bond acceptors (Lipinski definition) is 2. The summed E-state index contributed by atoms with van der Waals surface area (Å²) in [5, 5.41) is 0. The minimum atomic E-state index is -3.54. The Hall–Kier alpha value is -0.790. The zero-order valence-electron chi connectivity index (χ0n) is 14.3. The summed E-state index contributed by atoms with van der Waals surface area (Å²) in [5.74, 6) is 0.615. The Morgan fingerprint density at radius 2 is 1.64 bits per heavy atom. The summed E-state index contributed by atoms with van der Waals surface area (Å²) >= 11 is 0. The first-order valence-corrected chi connectivity index (χ1v) is 10.4. The van der Waals surface area contributed by atoms with Crippen molar-refractivity contribution < 1.29 is 14.0 Å². The maximum Gasteiger partial charge on any atom is 0.376 e. The predicted octanol–water partition coefficient (Wildman–Crippen LogP) is 5.74. The van der Waals surface area contributed by atoms with Crippen molar-refractivity contribution in [3.05, 3.63) is 29.3 Å². The van der Waals surface area contributed by atoms with Crippen LogP contribution < -0.4 is 4.52 Å². The van der Waals surface area contributed by atoms with Crippen molar-refractivity contribution in [2.24, 2.45) is 0 Å². The van der Waals surface area contributed by atoms with Gasteiger partial charge in [-0.1, -0.05) is 52.2 Å². The molecule has 1 N–H and O–H groups in total. The molecule has 1 aromatic rings. The molecular formula is C18H31O3P. The van der Waals surface area contributed by atoms with Crippen LogP contribution in [-0.2, 0) is 17.4 Å². The Labute approximate surface area is 135 Å². The largest absolute Gasteiger partial charge is 0.424 e. The number of aryl methyl sites for hydroxylation is 1. The van der Waals surface area contributed by atoms with Gasteiger partial charge in [0, 0.05) is 0 Å². The first-order chi connectivity index (χ1) is 10.5. The summed E-state index contributed by atoms with van der Waals surface area (Å²) in [6.07, 6.45) is 8.23. The highest BCUT2D eigenvalue weighted by atomic mass is 31.2. The monoisotopic (exact) mass is 326 g/mol. The number of benzene rings is 1. The van der Waals surface area contributed by atoms with E-state index in [0.717, 1.165) is 50.5 Å². The van der Waals surface area contributed by atoms with Gasteiger partial charge in [0.2, 0.25) is 0 Å². The lowest BCUT2D eigenvalue weighted by Gasteiger charge is -2.18. The topological polar surface area (TPSA) is 46.5 Å². The van der Waals surface area contributed by atoms with Crippen molar-refractivity contribution in [1.82, 2.24) is 0 Å². The highest BCUT2D eigenvalue weighted by Gasteiger charge is 2.22. The first kappa shape index (κ1) is 19.3. The normalized spacial score (nSPS) is 13.8. The standard InChI is InChI=1S/C18H31O3P/c1-4-7-11-16-12-10-14-18(17(16)13-8-5-2)21-22(19,20)15-9-6-3/h10,12,14H,4-9,11,13,15H2,1-3H3,(H,19,20). The molecule has 4 heteroatoms. The van der Waals surface area contributed by atoms with Gasteiger partial charge in [0.25, 0.3) is 0 Å². The Morgan fingerprint density at radius 3 is 2.27 bits per heavy atom. The van der Waals surface area contributed by atoms with Crippen LogP contribution in [0.25, 0.3) is 0 Å². The average molecular weight is 326 g/mol. The van der Waals surface area contributed by atoms with Gasteiger partial charge in [-0.3, -0.25) is 0 Å². The Kier molecular flexibility index (Phi) is 8.82. The summed E-state index contributed by atoms with van der Waals surface area (Å²) in [7, 11) is -3.54. The molecule has 0 aromatic heterocycles. The lowest BCUT2D eigenvalue weighted by atomic mass is 9.97. The SMILES string of the molecule is CCCCc1cccc(OP(=O)(O)CCCC)c1CCCC. The van der Waals surface area contributed by atoms with Gasteiger partial charge < -0.3 is 9.42 Å². The van der Waals surface area contributed by atoms with E-state index in [-0.39, 0.29) is 6.16 Å². The third-order valence-electron chi connectivity index (χ3n) is 3.85. The molecule has 22 heavy (non-hydrogen) atoms. The van der Waals surface area contributed by atoms with Crippen LogP contribution in [0.2, 0.25) is 0 Å². The molecule has 1 rings (SSSR count). The molecule has 0 bridgehead atoms. The molecule has 1 unspecified atom stereocenters. The van der Waals surface area contributed by atoms with Crippen LogP contribution in [-0.4, -0.2) is 11.1 Å². The van der Waals surface area contributed by atoms with Gasteiger partial charge in [-0.25, -0.2) is 4.57 Å². The molecule has 0 fully saturated rings. The van der Waals surface area contributed by atoms with Gasteiger partial charge in [-0.2, -0.15) is 0 Å². The van der Waals surface area contributed by atoms with E-state index in [1.807, 2.05) is 19.1 Å². The first-order valence-electron chi connectivity index (χ1n) is 8.66. The minimum Gasteiger partial charge on any atom is -0.424 e. The van der Waals surface area contributed by atoms with Crippen LogP contribution >= 0.6 is 7.60 Å². The van der Waals surface area contributed by atoms with Crippen LogP contribution in [0.5, 0.6) is 5.75 Å². The summed E-state index contributed by atoms with van der Waals surface area (Å²) < 4.78 is 17.8. The molecule has 0 aliphatic rings. The molecule has 0 saturated carbocycles. The second-order valence-corrected chi connectivity index (χ2v) is 7.81. The molecular weight excluding hydrogens is 295 g/mol. The minimum absolute atomic E-state index is 0.232. The zero-order chi connectivity index (χ0) is 16.4. The van der Waals surface area contributed by atoms with E-state index < -0.39 is 7.60 Å². The maximum atomic E-state index is 12.2. The molecule has 0 saturated heterocycles. The molecule has 0 spiro atoms. The molecule has 3 nitrogen and oxygen atoms in total. The Morgan fingerprint density at radius 1 is 1.00 bits per heavy atom. The maximum absolute atomic E-state index is 12.2. The Bertz CT molecular complexity index is 485. The van der Waals surface area contributed by atoms with Crippen LogP contribution in [0.4, 0.5) is 0 Å². The van der Waals surface area contributed by atoms with E-state index in [2.05, 4.69) is 19.9 Å². The zero-order valence-corrected chi connectivity index (χ0v) is 15.2. The Balaban J connectivity index is 2.98. The van der Waals surface area contributed by atoms with E-state index in [0.29, 0.717) is 12.2 Å². The summed E-state index contributed by atoms with van der Waals surface area (Å²) in [5.41, 5.74) is 2.40. The van der Waals surface area contributed by atoms with Crippen molar-refractivity contribution in [2.45, 2.75) is 72.1 Å². The fourth-order valence-corrected chi connectivity index (χ4v) is 3.78. The molecule has 0 heterocycles. The van der Waals surface area contributed by atoms with Crippen molar-refractivity contribution in [2.75, 3.05) is 6.16 Å².